The normalized spacial score (nSPS) is 13.1. The van der Waals surface area contributed by atoms with Crippen LogP contribution in [0.5, 0.6) is 0 Å². The van der Waals surface area contributed by atoms with Crippen LogP contribution in [-0.2, 0) is 5.41 Å². The Labute approximate surface area is 99.3 Å². The summed E-state index contributed by atoms with van der Waals surface area (Å²) in [6.45, 7) is 7.38. The molecule has 0 heterocycles. The smallest absolute Gasteiger partial charge is 0.0575 e. The van der Waals surface area contributed by atoms with Crippen LogP contribution in [0.2, 0.25) is 0 Å². The lowest BCUT2D eigenvalue weighted by atomic mass is 9.79. The summed E-state index contributed by atoms with van der Waals surface area (Å²) in [5, 5.41) is 3.32. The van der Waals surface area contributed by atoms with Crippen molar-refractivity contribution in [3.05, 3.63) is 35.9 Å². The second kappa shape index (κ2) is 5.72. The molecule has 0 amide bonds. The van der Waals surface area contributed by atoms with E-state index in [1.807, 2.05) is 0 Å². The lowest BCUT2D eigenvalue weighted by molar-refractivity contribution is 0.399. The summed E-state index contributed by atoms with van der Waals surface area (Å²) in [4.78, 5) is 0. The average Bonchev–Trinajstić information content (AvgIpc) is 2.27. The Hall–Kier alpha value is -1.26. The Bertz CT molecular complexity index is 345. The van der Waals surface area contributed by atoms with Gasteiger partial charge < -0.3 is 5.32 Å². The van der Waals surface area contributed by atoms with E-state index in [1.165, 1.54) is 5.56 Å². The van der Waals surface area contributed by atoms with E-state index in [2.05, 4.69) is 62.3 Å². The molecule has 0 aromatic heterocycles. The summed E-state index contributed by atoms with van der Waals surface area (Å²) >= 11 is 0. The van der Waals surface area contributed by atoms with E-state index in [-0.39, 0.29) is 5.41 Å². The highest BCUT2D eigenvalue weighted by Gasteiger charge is 2.22. The van der Waals surface area contributed by atoms with E-state index in [0.717, 1.165) is 6.42 Å². The van der Waals surface area contributed by atoms with Crippen LogP contribution in [0.1, 0.15) is 32.8 Å². The average molecular weight is 215 g/mol. The zero-order valence-electron chi connectivity index (χ0n) is 10.5. The Morgan fingerprint density at radius 3 is 2.50 bits per heavy atom. The molecule has 1 heteroatoms. The predicted molar refractivity (Wildman–Crippen MR) is 70.4 cm³/mol. The summed E-state index contributed by atoms with van der Waals surface area (Å²) in [5.41, 5.74) is 1.56. The third kappa shape index (κ3) is 3.72. The zero-order valence-corrected chi connectivity index (χ0v) is 10.5. The van der Waals surface area contributed by atoms with Gasteiger partial charge in [0, 0.05) is 6.04 Å². The Morgan fingerprint density at radius 2 is 1.94 bits per heavy atom. The first kappa shape index (κ1) is 12.8. The van der Waals surface area contributed by atoms with Crippen molar-refractivity contribution in [2.24, 2.45) is 0 Å². The quantitative estimate of drug-likeness (QED) is 0.745. The molecule has 1 rings (SSSR count). The van der Waals surface area contributed by atoms with Gasteiger partial charge >= 0.3 is 0 Å². The van der Waals surface area contributed by atoms with Crippen LogP contribution in [0.25, 0.3) is 0 Å². The highest BCUT2D eigenvalue weighted by Crippen LogP contribution is 2.27. The van der Waals surface area contributed by atoms with Gasteiger partial charge in [-0.2, -0.15) is 0 Å². The first-order valence-electron chi connectivity index (χ1n) is 5.78. The molecule has 1 aromatic carbocycles. The van der Waals surface area contributed by atoms with Gasteiger partial charge in [-0.05, 0) is 24.3 Å². The van der Waals surface area contributed by atoms with Crippen LogP contribution in [0.3, 0.4) is 0 Å². The summed E-state index contributed by atoms with van der Waals surface area (Å²) in [7, 11) is 0. The molecule has 1 aromatic rings. The minimum Gasteiger partial charge on any atom is -0.304 e. The third-order valence-electron chi connectivity index (χ3n) is 2.92. The van der Waals surface area contributed by atoms with Crippen molar-refractivity contribution in [1.82, 2.24) is 5.32 Å². The molecule has 16 heavy (non-hydrogen) atoms. The molecule has 0 aliphatic heterocycles. The standard InChI is InChI=1S/C15H21N/c1-5-11-16-13(2)12-15(3,4)14-9-7-6-8-10-14/h1,6-10,13,16H,11-12H2,2-4H3. The van der Waals surface area contributed by atoms with E-state index in [1.54, 1.807) is 0 Å². The highest BCUT2D eigenvalue weighted by molar-refractivity contribution is 5.23. The molecule has 1 atom stereocenters. The van der Waals surface area contributed by atoms with E-state index in [9.17, 15) is 0 Å². The van der Waals surface area contributed by atoms with Gasteiger partial charge in [-0.1, -0.05) is 50.1 Å². The summed E-state index contributed by atoms with van der Waals surface area (Å²) < 4.78 is 0. The Morgan fingerprint density at radius 1 is 1.31 bits per heavy atom. The maximum atomic E-state index is 5.24. The molecule has 0 saturated heterocycles. The largest absolute Gasteiger partial charge is 0.304 e. The van der Waals surface area contributed by atoms with Crippen molar-refractivity contribution in [1.29, 1.82) is 0 Å². The van der Waals surface area contributed by atoms with Gasteiger partial charge in [0.2, 0.25) is 0 Å². The van der Waals surface area contributed by atoms with Crippen LogP contribution >= 0.6 is 0 Å². The van der Waals surface area contributed by atoms with Crippen LogP contribution in [0.15, 0.2) is 30.3 Å². The topological polar surface area (TPSA) is 12.0 Å². The molecule has 0 saturated carbocycles. The number of hydrogen-bond donors (Lipinski definition) is 1. The lowest BCUT2D eigenvalue weighted by Crippen LogP contribution is -2.33. The van der Waals surface area contributed by atoms with E-state index < -0.39 is 0 Å². The fourth-order valence-corrected chi connectivity index (χ4v) is 2.08. The van der Waals surface area contributed by atoms with Crippen LogP contribution in [0.4, 0.5) is 0 Å². The molecule has 86 valence electrons. The summed E-state index contributed by atoms with van der Waals surface area (Å²) in [5.74, 6) is 2.61. The molecule has 0 radical (unpaired) electrons. The monoisotopic (exact) mass is 215 g/mol. The SMILES string of the molecule is C#CCNC(C)CC(C)(C)c1ccccc1. The lowest BCUT2D eigenvalue weighted by Gasteiger charge is -2.29. The molecule has 0 spiro atoms. The van der Waals surface area contributed by atoms with Crippen molar-refractivity contribution in [3.8, 4) is 12.3 Å². The first-order chi connectivity index (χ1) is 7.56. The molecular weight excluding hydrogens is 194 g/mol. The molecule has 0 aliphatic carbocycles. The van der Waals surface area contributed by atoms with Gasteiger partial charge in [0.15, 0.2) is 0 Å². The van der Waals surface area contributed by atoms with Gasteiger partial charge in [-0.15, -0.1) is 6.42 Å². The van der Waals surface area contributed by atoms with Crippen molar-refractivity contribution < 1.29 is 0 Å². The summed E-state index contributed by atoms with van der Waals surface area (Å²) in [6.07, 6.45) is 6.32. The predicted octanol–water partition coefficient (Wildman–Crippen LogP) is 2.97. The van der Waals surface area contributed by atoms with E-state index in [0.29, 0.717) is 12.6 Å². The molecule has 0 bridgehead atoms. The number of hydrogen-bond acceptors (Lipinski definition) is 1. The zero-order chi connectivity index (χ0) is 12.0. The van der Waals surface area contributed by atoms with E-state index >= 15 is 0 Å². The van der Waals surface area contributed by atoms with Crippen LogP contribution in [-0.4, -0.2) is 12.6 Å². The van der Waals surface area contributed by atoms with Crippen molar-refractivity contribution in [3.63, 3.8) is 0 Å². The molecule has 0 aliphatic rings. The summed E-state index contributed by atoms with van der Waals surface area (Å²) in [6, 6.07) is 11.1. The maximum Gasteiger partial charge on any atom is 0.0575 e. The first-order valence-corrected chi connectivity index (χ1v) is 5.78. The molecular formula is C15H21N. The van der Waals surface area contributed by atoms with Crippen molar-refractivity contribution in [2.75, 3.05) is 6.54 Å². The highest BCUT2D eigenvalue weighted by atomic mass is 14.9. The maximum absolute atomic E-state index is 5.24. The van der Waals surface area contributed by atoms with Crippen LogP contribution < -0.4 is 5.32 Å². The van der Waals surface area contributed by atoms with Crippen molar-refractivity contribution in [2.45, 2.75) is 38.6 Å². The fraction of sp³-hybridized carbons (Fsp3) is 0.467. The second-order valence-corrected chi connectivity index (χ2v) is 4.94. The number of rotatable bonds is 5. The van der Waals surface area contributed by atoms with E-state index in [4.69, 9.17) is 6.42 Å². The van der Waals surface area contributed by atoms with Gasteiger partial charge in [0.25, 0.3) is 0 Å². The minimum atomic E-state index is 0.183. The fourth-order valence-electron chi connectivity index (χ4n) is 2.08. The molecule has 1 N–H and O–H groups in total. The Kier molecular flexibility index (Phi) is 4.58. The van der Waals surface area contributed by atoms with Crippen LogP contribution in [0, 0.1) is 12.3 Å². The number of benzene rings is 1. The third-order valence-corrected chi connectivity index (χ3v) is 2.92. The number of nitrogens with one attached hydrogen (secondary N) is 1. The second-order valence-electron chi connectivity index (χ2n) is 4.94. The molecule has 1 unspecified atom stereocenters. The molecule has 0 fully saturated rings. The van der Waals surface area contributed by atoms with Gasteiger partial charge in [0.1, 0.15) is 0 Å². The number of terminal acetylenes is 1. The van der Waals surface area contributed by atoms with Gasteiger partial charge in [-0.3, -0.25) is 0 Å². The minimum absolute atomic E-state index is 0.183. The van der Waals surface area contributed by atoms with Gasteiger partial charge in [-0.25, -0.2) is 0 Å². The Balaban J connectivity index is 2.62. The molecule has 1 nitrogen and oxygen atoms in total. The van der Waals surface area contributed by atoms with Gasteiger partial charge in [0.05, 0.1) is 6.54 Å². The van der Waals surface area contributed by atoms with Crippen molar-refractivity contribution >= 4 is 0 Å².